The lowest BCUT2D eigenvalue weighted by Crippen LogP contribution is -2.57. The third-order valence-corrected chi connectivity index (χ3v) is 13.2. The molecule has 1 amide bonds. The molecular formula is C46H58F2N12O7. The van der Waals surface area contributed by atoms with Gasteiger partial charge in [-0.3, -0.25) is 25.0 Å². The number of piperazine rings is 2. The molecule has 3 aromatic carbocycles. The number of aromatic amines is 1. The van der Waals surface area contributed by atoms with Gasteiger partial charge in [-0.25, -0.2) is 23.6 Å². The number of amides is 1. The molecule has 0 spiro atoms. The number of ether oxygens (including phenoxy) is 2. The summed E-state index contributed by atoms with van der Waals surface area (Å²) in [6, 6.07) is 14.1. The van der Waals surface area contributed by atoms with Crippen molar-refractivity contribution in [2.75, 3.05) is 101 Å². The number of anilines is 4. The van der Waals surface area contributed by atoms with Crippen LogP contribution in [0.3, 0.4) is 0 Å². The lowest BCUT2D eigenvalue weighted by molar-refractivity contribution is -0.159. The number of carbonyl (C=O) groups is 1. The summed E-state index contributed by atoms with van der Waals surface area (Å²) in [7, 11) is 1.58. The van der Waals surface area contributed by atoms with Gasteiger partial charge in [-0.1, -0.05) is 12.1 Å². The summed E-state index contributed by atoms with van der Waals surface area (Å²) in [5.74, 6) is -0.771. The molecule has 19 nitrogen and oxygen atoms in total. The summed E-state index contributed by atoms with van der Waals surface area (Å²) < 4.78 is 39.5. The smallest absolute Gasteiger partial charge is 0.230 e. The number of hydrogen-bond donors (Lipinski definition) is 8. The van der Waals surface area contributed by atoms with Crippen molar-refractivity contribution in [2.24, 2.45) is 0 Å². The second kappa shape index (κ2) is 20.7. The number of fused-ring (bicyclic) bond motifs is 2. The molecule has 67 heavy (non-hydrogen) atoms. The van der Waals surface area contributed by atoms with Crippen LogP contribution >= 0.6 is 0 Å². The minimum absolute atomic E-state index is 0.149. The Morgan fingerprint density at radius 2 is 1.57 bits per heavy atom. The fourth-order valence-corrected chi connectivity index (χ4v) is 9.49. The molecule has 0 aliphatic carbocycles. The van der Waals surface area contributed by atoms with Crippen molar-refractivity contribution in [1.82, 2.24) is 45.1 Å². The van der Waals surface area contributed by atoms with Gasteiger partial charge in [-0.2, -0.15) is 5.10 Å². The van der Waals surface area contributed by atoms with Crippen molar-refractivity contribution in [2.45, 2.75) is 56.6 Å². The van der Waals surface area contributed by atoms with Crippen molar-refractivity contribution < 1.29 is 43.5 Å². The Bertz CT molecular complexity index is 2510. The highest BCUT2D eigenvalue weighted by Gasteiger charge is 2.45. The van der Waals surface area contributed by atoms with E-state index in [-0.39, 0.29) is 12.1 Å². The van der Waals surface area contributed by atoms with Gasteiger partial charge in [0.05, 0.1) is 37.4 Å². The van der Waals surface area contributed by atoms with Gasteiger partial charge in [0.1, 0.15) is 37.1 Å². The van der Waals surface area contributed by atoms with Crippen LogP contribution in [0.1, 0.15) is 48.5 Å². The minimum atomic E-state index is -1.13. The normalized spacial score (nSPS) is 23.1. The molecule has 3 saturated heterocycles. The largest absolute Gasteiger partial charge is 0.493 e. The van der Waals surface area contributed by atoms with E-state index in [1.807, 2.05) is 24.3 Å². The standard InChI is InChI=1S/C46H58F2N12O7/c1-66-37-25-32-35(49-27-50-43(32)52-39-22-28(54-55-39)23-41(62)51-34-5-2-4-33(47)42(34)48)26-38(37)67-21-3-10-56-11-13-57(14-12-56)15-16-58-17-19-59(20-18-58)29-6-7-30-31(24-29)46(65)60(45(30)64)36-8-9-40(61)53-44(36)63/h2,4-7,22,24-27,36,40,44-46,53,61,63-65H,3,8-21,23H2,1H3,(H,51,62)(H2,49,50,52,54,55). The number of aliphatic hydroxyl groups excluding tert-OH is 4. The van der Waals surface area contributed by atoms with Gasteiger partial charge in [-0.05, 0) is 49.6 Å². The summed E-state index contributed by atoms with van der Waals surface area (Å²) in [4.78, 5) is 32.7. The summed E-state index contributed by atoms with van der Waals surface area (Å²) in [5, 5.41) is 58.6. The third-order valence-electron chi connectivity index (χ3n) is 13.2. The highest BCUT2D eigenvalue weighted by Crippen LogP contribution is 2.44. The molecule has 0 radical (unpaired) electrons. The van der Waals surface area contributed by atoms with Crippen molar-refractivity contribution in [3.05, 3.63) is 89.4 Å². The van der Waals surface area contributed by atoms with Crippen LogP contribution < -0.4 is 30.3 Å². The fraction of sp³-hybridized carbons (Fsp3) is 0.478. The van der Waals surface area contributed by atoms with Gasteiger partial charge < -0.3 is 50.3 Å². The lowest BCUT2D eigenvalue weighted by Gasteiger charge is -2.40. The molecule has 6 heterocycles. The molecule has 3 fully saturated rings. The van der Waals surface area contributed by atoms with Crippen LogP contribution in [0.2, 0.25) is 0 Å². The van der Waals surface area contributed by atoms with E-state index >= 15 is 0 Å². The quantitative estimate of drug-likeness (QED) is 0.0666. The maximum atomic E-state index is 14.0. The number of aromatic nitrogens is 4. The molecule has 0 bridgehead atoms. The fourth-order valence-electron chi connectivity index (χ4n) is 9.49. The van der Waals surface area contributed by atoms with Crippen molar-refractivity contribution in [1.29, 1.82) is 0 Å². The van der Waals surface area contributed by atoms with E-state index < -0.39 is 48.5 Å². The van der Waals surface area contributed by atoms with E-state index in [2.05, 4.69) is 55.7 Å². The third kappa shape index (κ3) is 10.6. The number of carbonyl (C=O) groups excluding carboxylic acids is 1. The molecule has 4 aliphatic heterocycles. The maximum Gasteiger partial charge on any atom is 0.230 e. The predicted molar refractivity (Wildman–Crippen MR) is 245 cm³/mol. The van der Waals surface area contributed by atoms with E-state index in [4.69, 9.17) is 9.47 Å². The number of halogens is 2. The van der Waals surface area contributed by atoms with Gasteiger partial charge in [-0.15, -0.1) is 0 Å². The van der Waals surface area contributed by atoms with Gasteiger partial charge >= 0.3 is 0 Å². The number of hydrogen-bond acceptors (Lipinski definition) is 17. The monoisotopic (exact) mass is 928 g/mol. The summed E-state index contributed by atoms with van der Waals surface area (Å²) >= 11 is 0. The Labute approximate surface area is 386 Å². The van der Waals surface area contributed by atoms with Crippen LogP contribution in [0, 0.1) is 11.6 Å². The van der Waals surface area contributed by atoms with Gasteiger partial charge in [0.15, 0.2) is 29.0 Å². The second-order valence-electron chi connectivity index (χ2n) is 17.5. The molecule has 5 aromatic rings. The van der Waals surface area contributed by atoms with E-state index in [0.717, 1.165) is 90.2 Å². The number of H-pyrrole nitrogens is 1. The SMILES string of the molecule is COc1cc2c(Nc3cc(CC(=O)Nc4cccc(F)c4F)[nH]n3)ncnc2cc1OCCCN1CCN(CCN2CCN(c3ccc4c(c3)C(O)N(C3CCC(O)NC3O)C4O)CC2)CC1. The molecule has 8 N–H and O–H groups in total. The first-order chi connectivity index (χ1) is 32.5. The number of methoxy groups -OCH3 is 1. The van der Waals surface area contributed by atoms with Gasteiger partial charge in [0, 0.05) is 112 Å². The highest BCUT2D eigenvalue weighted by atomic mass is 19.2. The van der Waals surface area contributed by atoms with E-state index in [0.29, 0.717) is 70.3 Å². The first-order valence-corrected chi connectivity index (χ1v) is 22.8. The van der Waals surface area contributed by atoms with Crippen LogP contribution in [0.5, 0.6) is 11.5 Å². The average molecular weight is 929 g/mol. The zero-order chi connectivity index (χ0) is 46.6. The Morgan fingerprint density at radius 3 is 2.31 bits per heavy atom. The Hall–Kier alpha value is -5.62. The Balaban J connectivity index is 0.683. The summed E-state index contributed by atoms with van der Waals surface area (Å²) in [6.07, 6.45) is -0.966. The first-order valence-electron chi connectivity index (χ1n) is 22.8. The molecule has 358 valence electrons. The summed E-state index contributed by atoms with van der Waals surface area (Å²) in [5.41, 5.74) is 3.14. The zero-order valence-electron chi connectivity index (χ0n) is 37.3. The molecule has 9 rings (SSSR count). The lowest BCUT2D eigenvalue weighted by atomic mass is 10.0. The van der Waals surface area contributed by atoms with Crippen molar-refractivity contribution >= 4 is 39.8 Å². The van der Waals surface area contributed by atoms with E-state index in [1.54, 1.807) is 19.2 Å². The molecule has 0 saturated carbocycles. The number of nitrogens with zero attached hydrogens (tertiary/aromatic N) is 8. The van der Waals surface area contributed by atoms with Crippen LogP contribution in [0.25, 0.3) is 10.9 Å². The van der Waals surface area contributed by atoms with Crippen molar-refractivity contribution in [3.63, 3.8) is 0 Å². The van der Waals surface area contributed by atoms with Crippen molar-refractivity contribution in [3.8, 4) is 11.5 Å². The average Bonchev–Trinajstić information content (AvgIpc) is 3.87. The van der Waals surface area contributed by atoms with Crippen LogP contribution in [-0.4, -0.2) is 170 Å². The topological polar surface area (TPSA) is 223 Å². The van der Waals surface area contributed by atoms with Crippen LogP contribution in [0.15, 0.2) is 60.9 Å². The molecule has 5 atom stereocenters. The number of piperidine rings is 1. The first kappa shape index (κ1) is 46.5. The summed E-state index contributed by atoms with van der Waals surface area (Å²) in [6.45, 7) is 11.0. The number of aliphatic hydroxyl groups is 4. The predicted octanol–water partition coefficient (Wildman–Crippen LogP) is 2.46. The molecular weight excluding hydrogens is 871 g/mol. The molecule has 5 unspecified atom stereocenters. The second-order valence-corrected chi connectivity index (χ2v) is 17.5. The van der Waals surface area contributed by atoms with Crippen LogP contribution in [-0.2, 0) is 11.2 Å². The number of benzene rings is 3. The van der Waals surface area contributed by atoms with E-state index in [9.17, 15) is 34.0 Å². The highest BCUT2D eigenvalue weighted by molar-refractivity contribution is 5.93. The molecule has 2 aromatic heterocycles. The van der Waals surface area contributed by atoms with Gasteiger partial charge in [0.2, 0.25) is 5.91 Å². The number of nitrogens with one attached hydrogen (secondary N) is 4. The minimum Gasteiger partial charge on any atom is -0.493 e. The Kier molecular flexibility index (Phi) is 14.4. The van der Waals surface area contributed by atoms with Crippen LogP contribution in [0.4, 0.5) is 31.8 Å². The molecule has 21 heteroatoms. The van der Waals surface area contributed by atoms with Gasteiger partial charge in [0.25, 0.3) is 0 Å². The zero-order valence-corrected chi connectivity index (χ0v) is 37.3. The molecule has 4 aliphatic rings. The van der Waals surface area contributed by atoms with E-state index in [1.165, 1.54) is 23.4 Å². The maximum absolute atomic E-state index is 14.0. The number of rotatable bonds is 16. The Morgan fingerprint density at radius 1 is 0.836 bits per heavy atom.